The quantitative estimate of drug-likeness (QED) is 0.336. The van der Waals surface area contributed by atoms with Crippen molar-refractivity contribution in [1.82, 2.24) is 10.2 Å². The van der Waals surface area contributed by atoms with Gasteiger partial charge in [-0.2, -0.15) is 0 Å². The van der Waals surface area contributed by atoms with Gasteiger partial charge in [0.1, 0.15) is 24.1 Å². The van der Waals surface area contributed by atoms with Crippen molar-refractivity contribution in [1.29, 1.82) is 0 Å². The van der Waals surface area contributed by atoms with E-state index in [2.05, 4.69) is 5.32 Å². The average Bonchev–Trinajstić information content (AvgIpc) is 2.96. The van der Waals surface area contributed by atoms with Gasteiger partial charge in [-0.25, -0.2) is 8.42 Å². The van der Waals surface area contributed by atoms with Crippen LogP contribution in [0.3, 0.4) is 0 Å². The summed E-state index contributed by atoms with van der Waals surface area (Å²) in [5, 5.41) is 2.85. The predicted molar refractivity (Wildman–Crippen MR) is 155 cm³/mol. The summed E-state index contributed by atoms with van der Waals surface area (Å²) in [5.74, 6) is -0.226. The smallest absolute Gasteiger partial charge is 0.264 e. The van der Waals surface area contributed by atoms with Gasteiger partial charge in [0, 0.05) is 18.7 Å². The van der Waals surface area contributed by atoms with E-state index in [4.69, 9.17) is 9.47 Å². The molecule has 214 valence electrons. The number of sulfonamides is 1. The van der Waals surface area contributed by atoms with Crippen LogP contribution in [0.5, 0.6) is 11.5 Å². The molecule has 40 heavy (non-hydrogen) atoms. The van der Waals surface area contributed by atoms with Gasteiger partial charge in [0.25, 0.3) is 10.0 Å². The lowest BCUT2D eigenvalue weighted by Crippen LogP contribution is -2.53. The van der Waals surface area contributed by atoms with Gasteiger partial charge in [-0.05, 0) is 57.0 Å². The van der Waals surface area contributed by atoms with Crippen molar-refractivity contribution in [2.45, 2.75) is 44.2 Å². The van der Waals surface area contributed by atoms with Crippen molar-refractivity contribution in [3.05, 3.63) is 84.4 Å². The van der Waals surface area contributed by atoms with Crippen LogP contribution in [0.15, 0.2) is 83.8 Å². The van der Waals surface area contributed by atoms with Gasteiger partial charge in [-0.3, -0.25) is 13.9 Å². The van der Waals surface area contributed by atoms with Crippen LogP contribution in [0.4, 0.5) is 5.69 Å². The third-order valence-corrected chi connectivity index (χ3v) is 8.12. The second kappa shape index (κ2) is 13.8. The minimum Gasteiger partial charge on any atom is -0.497 e. The van der Waals surface area contributed by atoms with Gasteiger partial charge >= 0.3 is 0 Å². The molecule has 0 heterocycles. The fourth-order valence-electron chi connectivity index (χ4n) is 4.20. The first-order chi connectivity index (χ1) is 19.1. The number of anilines is 1. The Bertz CT molecular complexity index is 1380. The first-order valence-electron chi connectivity index (χ1n) is 13.0. The van der Waals surface area contributed by atoms with Crippen LogP contribution < -0.4 is 19.1 Å². The van der Waals surface area contributed by atoms with Crippen LogP contribution in [-0.4, -0.2) is 64.5 Å². The third kappa shape index (κ3) is 7.53. The molecule has 0 saturated heterocycles. The maximum absolute atomic E-state index is 14.0. The Kier molecular flexibility index (Phi) is 10.6. The molecule has 1 atom stereocenters. The Balaban J connectivity index is 2.06. The predicted octanol–water partition coefficient (Wildman–Crippen LogP) is 3.88. The number of rotatable bonds is 13. The zero-order valence-corrected chi connectivity index (χ0v) is 24.4. The Morgan fingerprint density at radius 2 is 1.50 bits per heavy atom. The Hall–Kier alpha value is -4.05. The van der Waals surface area contributed by atoms with E-state index in [0.29, 0.717) is 12.2 Å². The lowest BCUT2D eigenvalue weighted by Gasteiger charge is -2.32. The highest BCUT2D eigenvalue weighted by molar-refractivity contribution is 7.92. The summed E-state index contributed by atoms with van der Waals surface area (Å²) < 4.78 is 39.8. The molecule has 3 aromatic rings. The molecule has 3 rings (SSSR count). The Labute approximate surface area is 236 Å². The molecule has 0 radical (unpaired) electrons. The first kappa shape index (κ1) is 30.5. The second-order valence-corrected chi connectivity index (χ2v) is 11.4. The Morgan fingerprint density at radius 1 is 0.875 bits per heavy atom. The topological polar surface area (TPSA) is 105 Å². The van der Waals surface area contributed by atoms with Crippen molar-refractivity contribution < 1.29 is 27.5 Å². The summed E-state index contributed by atoms with van der Waals surface area (Å²) in [7, 11) is -1.34. The SMILES string of the molecule is COc1ccc(OC)c(N(CC(=O)N(CCc2ccccc2)C(C)C(=O)NC(C)C)S(=O)(=O)c2ccccc2)c1. The van der Waals surface area contributed by atoms with E-state index in [1.165, 1.54) is 37.3 Å². The van der Waals surface area contributed by atoms with Crippen LogP contribution in [0.2, 0.25) is 0 Å². The highest BCUT2D eigenvalue weighted by Gasteiger charge is 2.34. The van der Waals surface area contributed by atoms with Crippen molar-refractivity contribution >= 4 is 27.5 Å². The van der Waals surface area contributed by atoms with Crippen molar-refractivity contribution in [2.75, 3.05) is 31.6 Å². The molecule has 3 aromatic carbocycles. The molecule has 1 N–H and O–H groups in total. The number of hydrogen-bond acceptors (Lipinski definition) is 6. The number of benzene rings is 3. The van der Waals surface area contributed by atoms with E-state index in [-0.39, 0.29) is 34.8 Å². The molecule has 0 saturated carbocycles. The monoisotopic (exact) mass is 567 g/mol. The molecule has 0 aliphatic carbocycles. The van der Waals surface area contributed by atoms with E-state index in [0.717, 1.165) is 9.87 Å². The fourth-order valence-corrected chi connectivity index (χ4v) is 5.64. The second-order valence-electron chi connectivity index (χ2n) is 9.52. The largest absolute Gasteiger partial charge is 0.497 e. The summed E-state index contributed by atoms with van der Waals surface area (Å²) in [6.07, 6.45) is 0.486. The van der Waals surface area contributed by atoms with E-state index in [9.17, 15) is 18.0 Å². The van der Waals surface area contributed by atoms with Crippen LogP contribution in [-0.2, 0) is 26.0 Å². The maximum Gasteiger partial charge on any atom is 0.264 e. The van der Waals surface area contributed by atoms with Crippen LogP contribution in [0.25, 0.3) is 0 Å². The van der Waals surface area contributed by atoms with Gasteiger partial charge in [0.05, 0.1) is 24.8 Å². The summed E-state index contributed by atoms with van der Waals surface area (Å²) in [6, 6.07) is 21.2. The molecule has 10 heteroatoms. The zero-order chi connectivity index (χ0) is 29.3. The number of nitrogens with zero attached hydrogens (tertiary/aromatic N) is 2. The minimum atomic E-state index is -4.22. The van der Waals surface area contributed by atoms with E-state index < -0.39 is 28.5 Å². The van der Waals surface area contributed by atoms with Crippen LogP contribution >= 0.6 is 0 Å². The van der Waals surface area contributed by atoms with E-state index in [1.54, 1.807) is 37.3 Å². The summed E-state index contributed by atoms with van der Waals surface area (Å²) in [6.45, 7) is 4.97. The van der Waals surface area contributed by atoms with Crippen molar-refractivity contribution in [3.8, 4) is 11.5 Å². The van der Waals surface area contributed by atoms with Crippen molar-refractivity contribution in [3.63, 3.8) is 0 Å². The molecule has 0 aromatic heterocycles. The maximum atomic E-state index is 14.0. The number of carbonyl (C=O) groups is 2. The highest BCUT2D eigenvalue weighted by Crippen LogP contribution is 2.35. The lowest BCUT2D eigenvalue weighted by atomic mass is 10.1. The number of carbonyl (C=O) groups excluding carboxylic acids is 2. The molecule has 0 fully saturated rings. The van der Waals surface area contributed by atoms with E-state index in [1.807, 2.05) is 44.2 Å². The zero-order valence-electron chi connectivity index (χ0n) is 23.5. The number of methoxy groups -OCH3 is 2. The summed E-state index contributed by atoms with van der Waals surface area (Å²) >= 11 is 0. The van der Waals surface area contributed by atoms with Gasteiger partial charge in [-0.1, -0.05) is 48.5 Å². The molecule has 0 aliphatic heterocycles. The normalized spacial score (nSPS) is 11.9. The molecular weight excluding hydrogens is 530 g/mol. The van der Waals surface area contributed by atoms with Gasteiger partial charge < -0.3 is 19.7 Å². The third-order valence-electron chi connectivity index (χ3n) is 6.35. The standard InChI is InChI=1S/C30H37N3O6S/c1-22(2)31-30(35)23(3)32(19-18-24-12-8-6-9-13-24)29(34)21-33(40(36,37)26-14-10-7-11-15-26)27-20-25(38-4)16-17-28(27)39-5/h6-17,20,22-23H,18-19,21H2,1-5H3,(H,31,35). The number of nitrogens with one attached hydrogen (secondary N) is 1. The minimum absolute atomic E-state index is 0.00843. The average molecular weight is 568 g/mol. The summed E-state index contributed by atoms with van der Waals surface area (Å²) in [4.78, 5) is 28.4. The molecule has 1 unspecified atom stereocenters. The number of hydrogen-bond donors (Lipinski definition) is 1. The summed E-state index contributed by atoms with van der Waals surface area (Å²) in [5.41, 5.74) is 1.13. The number of ether oxygens (including phenoxy) is 2. The first-order valence-corrected chi connectivity index (χ1v) is 14.5. The van der Waals surface area contributed by atoms with E-state index >= 15 is 0 Å². The molecular formula is C30H37N3O6S. The highest BCUT2D eigenvalue weighted by atomic mass is 32.2. The van der Waals surface area contributed by atoms with Gasteiger partial charge in [0.2, 0.25) is 11.8 Å². The number of amides is 2. The molecule has 0 aliphatic rings. The van der Waals surface area contributed by atoms with Gasteiger partial charge in [-0.15, -0.1) is 0 Å². The van der Waals surface area contributed by atoms with Crippen LogP contribution in [0.1, 0.15) is 26.3 Å². The van der Waals surface area contributed by atoms with Crippen molar-refractivity contribution in [2.24, 2.45) is 0 Å². The Morgan fingerprint density at radius 3 is 2.08 bits per heavy atom. The lowest BCUT2D eigenvalue weighted by molar-refractivity contribution is -0.139. The van der Waals surface area contributed by atoms with Gasteiger partial charge in [0.15, 0.2) is 0 Å². The fraction of sp³-hybridized carbons (Fsp3) is 0.333. The molecule has 0 bridgehead atoms. The van der Waals surface area contributed by atoms with Crippen LogP contribution in [0, 0.1) is 0 Å². The molecule has 2 amide bonds. The molecule has 9 nitrogen and oxygen atoms in total. The molecule has 0 spiro atoms.